The molecule has 0 spiro atoms. The van der Waals surface area contributed by atoms with Crippen LogP contribution in [0.2, 0.25) is 0 Å². The van der Waals surface area contributed by atoms with Gasteiger partial charge in [-0.15, -0.1) is 0 Å². The zero-order valence-corrected chi connectivity index (χ0v) is 12.7. The topological polar surface area (TPSA) is 86.2 Å². The van der Waals surface area contributed by atoms with Gasteiger partial charge in [0.15, 0.2) is 0 Å². The third-order valence-corrected chi connectivity index (χ3v) is 4.62. The molecule has 0 amide bonds. The summed E-state index contributed by atoms with van der Waals surface area (Å²) in [6, 6.07) is 11.5. The number of nitro groups is 1. The predicted molar refractivity (Wildman–Crippen MR) is 81.8 cm³/mol. The molecule has 2 N–H and O–H groups in total. The molecule has 0 aliphatic carbocycles. The van der Waals surface area contributed by atoms with Crippen LogP contribution in [0.25, 0.3) is 0 Å². The molecular weight excluding hydrogens is 344 g/mol. The Kier molecular flexibility index (Phi) is 4.51. The molecule has 2 aromatic carbocycles. The van der Waals surface area contributed by atoms with E-state index in [0.29, 0.717) is 20.6 Å². The van der Waals surface area contributed by atoms with E-state index in [1.54, 1.807) is 36.4 Å². The van der Waals surface area contributed by atoms with Crippen molar-refractivity contribution < 1.29 is 9.13 Å². The van der Waals surface area contributed by atoms with Crippen LogP contribution in [0.3, 0.4) is 0 Å². The van der Waals surface area contributed by atoms with Crippen molar-refractivity contribution in [2.75, 3.05) is 5.73 Å². The summed E-state index contributed by atoms with van der Waals surface area (Å²) in [5.74, 6) is 0.0534. The number of hydrogen-bond acceptors (Lipinski definition) is 4. The highest BCUT2D eigenvalue weighted by molar-refractivity contribution is 9.10. The molecule has 0 saturated heterocycles. The van der Waals surface area contributed by atoms with Crippen LogP contribution in [0.5, 0.6) is 0 Å². The normalized spacial score (nSPS) is 12.1. The lowest BCUT2D eigenvalue weighted by Gasteiger charge is -2.06. The fourth-order valence-electron chi connectivity index (χ4n) is 1.74. The van der Waals surface area contributed by atoms with Crippen LogP contribution < -0.4 is 5.73 Å². The number of hydrogen-bond donors (Lipinski definition) is 1. The number of nitrogen functional groups attached to an aromatic ring is 1. The van der Waals surface area contributed by atoms with Crippen LogP contribution >= 0.6 is 15.9 Å². The van der Waals surface area contributed by atoms with E-state index >= 15 is 0 Å². The number of para-hydroxylation sites is 1. The molecule has 1 unspecified atom stereocenters. The van der Waals surface area contributed by atoms with Crippen molar-refractivity contribution in [3.05, 3.63) is 62.6 Å². The summed E-state index contributed by atoms with van der Waals surface area (Å²) in [7, 11) is -1.42. The highest BCUT2D eigenvalue weighted by atomic mass is 79.9. The SMILES string of the molecule is Nc1ccccc1S(=O)Cc1ccc(Br)cc1[N+](=O)[O-]. The number of anilines is 1. The van der Waals surface area contributed by atoms with Gasteiger partial charge in [0.2, 0.25) is 0 Å². The van der Waals surface area contributed by atoms with E-state index in [4.69, 9.17) is 5.73 Å². The maximum atomic E-state index is 12.3. The molecule has 0 radical (unpaired) electrons. The molecule has 20 heavy (non-hydrogen) atoms. The summed E-state index contributed by atoms with van der Waals surface area (Å²) in [6.07, 6.45) is 0. The van der Waals surface area contributed by atoms with Gasteiger partial charge < -0.3 is 5.73 Å². The van der Waals surface area contributed by atoms with E-state index in [9.17, 15) is 14.3 Å². The van der Waals surface area contributed by atoms with Gasteiger partial charge in [0.1, 0.15) is 0 Å². The number of nitrogens with zero attached hydrogens (tertiary/aromatic N) is 1. The maximum Gasteiger partial charge on any atom is 0.274 e. The minimum atomic E-state index is -1.42. The number of rotatable bonds is 4. The van der Waals surface area contributed by atoms with E-state index in [1.165, 1.54) is 6.07 Å². The van der Waals surface area contributed by atoms with Crippen molar-refractivity contribution >= 4 is 38.1 Å². The molecular formula is C13H11BrN2O3S. The summed E-state index contributed by atoms with van der Waals surface area (Å²) in [4.78, 5) is 11.0. The fourth-order valence-corrected chi connectivity index (χ4v) is 3.33. The molecule has 0 fully saturated rings. The van der Waals surface area contributed by atoms with Crippen molar-refractivity contribution in [3.63, 3.8) is 0 Å². The van der Waals surface area contributed by atoms with Crippen molar-refractivity contribution in [3.8, 4) is 0 Å². The summed E-state index contributed by atoms with van der Waals surface area (Å²) in [5, 5.41) is 11.0. The van der Waals surface area contributed by atoms with Crippen LogP contribution in [0.15, 0.2) is 51.8 Å². The van der Waals surface area contributed by atoms with Gasteiger partial charge in [-0.1, -0.05) is 34.1 Å². The average Bonchev–Trinajstić information content (AvgIpc) is 2.41. The number of nitro benzene ring substituents is 1. The van der Waals surface area contributed by atoms with Gasteiger partial charge in [-0.3, -0.25) is 14.3 Å². The first-order valence-electron chi connectivity index (χ1n) is 5.64. The second-order valence-electron chi connectivity index (χ2n) is 4.06. The summed E-state index contributed by atoms with van der Waals surface area (Å²) >= 11 is 3.19. The quantitative estimate of drug-likeness (QED) is 0.518. The Labute approximate surface area is 126 Å². The molecule has 0 aliphatic rings. The van der Waals surface area contributed by atoms with Crippen LogP contribution in [-0.2, 0) is 16.6 Å². The van der Waals surface area contributed by atoms with E-state index in [0.717, 1.165) is 0 Å². The Bertz CT molecular complexity index is 691. The van der Waals surface area contributed by atoms with E-state index in [-0.39, 0.29) is 11.4 Å². The lowest BCUT2D eigenvalue weighted by molar-refractivity contribution is -0.385. The lowest BCUT2D eigenvalue weighted by Crippen LogP contribution is -2.03. The first-order chi connectivity index (χ1) is 9.49. The fraction of sp³-hybridized carbons (Fsp3) is 0.0769. The van der Waals surface area contributed by atoms with E-state index < -0.39 is 15.7 Å². The maximum absolute atomic E-state index is 12.3. The minimum Gasteiger partial charge on any atom is -0.398 e. The Hall–Kier alpha value is -1.73. The molecule has 0 bridgehead atoms. The average molecular weight is 355 g/mol. The zero-order chi connectivity index (χ0) is 14.7. The Morgan fingerprint density at radius 1 is 1.25 bits per heavy atom. The standard InChI is InChI=1S/C13H11BrN2O3S/c14-10-6-5-9(12(7-10)16(17)18)8-20(19)13-4-2-1-3-11(13)15/h1-7H,8,15H2. The van der Waals surface area contributed by atoms with Crippen LogP contribution in [0.1, 0.15) is 5.56 Å². The second kappa shape index (κ2) is 6.15. The van der Waals surface area contributed by atoms with Gasteiger partial charge in [-0.05, 0) is 18.2 Å². The predicted octanol–water partition coefficient (Wildman–Crippen LogP) is 3.25. The van der Waals surface area contributed by atoms with E-state index in [1.807, 2.05) is 0 Å². The van der Waals surface area contributed by atoms with Crippen molar-refractivity contribution in [2.24, 2.45) is 0 Å². The van der Waals surface area contributed by atoms with Crippen molar-refractivity contribution in [2.45, 2.75) is 10.6 Å². The first-order valence-corrected chi connectivity index (χ1v) is 7.76. The molecule has 104 valence electrons. The molecule has 0 heterocycles. The third-order valence-electron chi connectivity index (χ3n) is 2.69. The lowest BCUT2D eigenvalue weighted by atomic mass is 10.2. The molecule has 0 aliphatic heterocycles. The molecule has 1 atom stereocenters. The highest BCUT2D eigenvalue weighted by Gasteiger charge is 2.17. The van der Waals surface area contributed by atoms with Crippen LogP contribution in [-0.4, -0.2) is 9.13 Å². The second-order valence-corrected chi connectivity index (χ2v) is 6.39. The highest BCUT2D eigenvalue weighted by Crippen LogP contribution is 2.27. The van der Waals surface area contributed by atoms with Crippen molar-refractivity contribution in [1.82, 2.24) is 0 Å². The summed E-state index contributed by atoms with van der Waals surface area (Å²) in [5.41, 5.74) is 6.55. The molecule has 2 rings (SSSR count). The van der Waals surface area contributed by atoms with Crippen LogP contribution in [0, 0.1) is 10.1 Å². The third kappa shape index (κ3) is 3.23. The van der Waals surface area contributed by atoms with Gasteiger partial charge in [-0.25, -0.2) is 0 Å². The number of nitrogens with two attached hydrogens (primary N) is 1. The minimum absolute atomic E-state index is 0.0534. The molecule has 5 nitrogen and oxygen atoms in total. The van der Waals surface area contributed by atoms with Crippen LogP contribution in [0.4, 0.5) is 11.4 Å². The monoisotopic (exact) mass is 354 g/mol. The number of halogens is 1. The van der Waals surface area contributed by atoms with Gasteiger partial charge in [-0.2, -0.15) is 0 Å². The Morgan fingerprint density at radius 2 is 1.95 bits per heavy atom. The molecule has 0 saturated carbocycles. The first kappa shape index (κ1) is 14.7. The van der Waals surface area contributed by atoms with Gasteiger partial charge in [0, 0.05) is 21.8 Å². The number of benzene rings is 2. The van der Waals surface area contributed by atoms with Gasteiger partial charge >= 0.3 is 0 Å². The molecule has 0 aromatic heterocycles. The summed E-state index contributed by atoms with van der Waals surface area (Å²) in [6.45, 7) is 0. The summed E-state index contributed by atoms with van der Waals surface area (Å²) < 4.78 is 12.9. The zero-order valence-electron chi connectivity index (χ0n) is 10.3. The Morgan fingerprint density at radius 3 is 2.60 bits per heavy atom. The van der Waals surface area contributed by atoms with Gasteiger partial charge in [0.05, 0.1) is 26.4 Å². The molecule has 7 heteroatoms. The molecule has 2 aromatic rings. The van der Waals surface area contributed by atoms with E-state index in [2.05, 4.69) is 15.9 Å². The largest absolute Gasteiger partial charge is 0.398 e. The smallest absolute Gasteiger partial charge is 0.274 e. The van der Waals surface area contributed by atoms with Crippen molar-refractivity contribution in [1.29, 1.82) is 0 Å². The Balaban J connectivity index is 2.33. The van der Waals surface area contributed by atoms with Gasteiger partial charge in [0.25, 0.3) is 5.69 Å².